The molecule has 1 aromatic rings. The average Bonchev–Trinajstić information content (AvgIpc) is 2.57. The Bertz CT molecular complexity index is 668. The molecule has 0 aromatic heterocycles. The fourth-order valence-electron chi connectivity index (χ4n) is 4.01. The van der Waals surface area contributed by atoms with Crippen LogP contribution in [-0.2, 0) is 9.53 Å². The number of methoxy groups -OCH3 is 1. The number of hydrogen-bond acceptors (Lipinski definition) is 3. The van der Waals surface area contributed by atoms with Crippen molar-refractivity contribution in [3.63, 3.8) is 0 Å². The first kappa shape index (κ1) is 17.8. The molecule has 0 radical (unpaired) electrons. The highest BCUT2D eigenvalue weighted by atomic mass is 19.2. The van der Waals surface area contributed by atoms with Crippen LogP contribution in [0.4, 0.5) is 8.78 Å². The number of amides is 2. The Balaban J connectivity index is 1.63. The van der Waals surface area contributed by atoms with E-state index in [-0.39, 0.29) is 29.5 Å². The predicted octanol–water partition coefficient (Wildman–Crippen LogP) is 2.01. The molecule has 0 spiro atoms. The molecule has 1 saturated heterocycles. The van der Waals surface area contributed by atoms with E-state index in [0.29, 0.717) is 25.4 Å². The Kier molecular flexibility index (Phi) is 5.32. The number of fused-ring (bicyclic) bond motifs is 1. The number of halogens is 2. The van der Waals surface area contributed by atoms with Crippen LogP contribution in [0.25, 0.3) is 0 Å². The van der Waals surface area contributed by atoms with E-state index < -0.39 is 17.5 Å². The molecule has 7 heteroatoms. The van der Waals surface area contributed by atoms with Crippen molar-refractivity contribution in [2.75, 3.05) is 13.7 Å². The third-order valence-electron chi connectivity index (χ3n) is 5.20. The smallest absolute Gasteiger partial charge is 0.251 e. The summed E-state index contributed by atoms with van der Waals surface area (Å²) in [5, 5.41) is 5.88. The molecule has 1 aliphatic carbocycles. The van der Waals surface area contributed by atoms with Gasteiger partial charge in [0.25, 0.3) is 5.91 Å². The molecule has 5 nitrogen and oxygen atoms in total. The maximum atomic E-state index is 13.3. The summed E-state index contributed by atoms with van der Waals surface area (Å²) in [6, 6.07) is 3.00. The molecule has 3 rings (SSSR count). The highest BCUT2D eigenvalue weighted by molar-refractivity contribution is 5.94. The van der Waals surface area contributed by atoms with Gasteiger partial charge in [-0.1, -0.05) is 0 Å². The van der Waals surface area contributed by atoms with Crippen LogP contribution in [0.5, 0.6) is 0 Å². The van der Waals surface area contributed by atoms with Crippen molar-refractivity contribution in [2.45, 2.75) is 37.8 Å². The molecule has 2 fully saturated rings. The van der Waals surface area contributed by atoms with E-state index in [1.54, 1.807) is 7.11 Å². The lowest BCUT2D eigenvalue weighted by Crippen LogP contribution is -2.56. The van der Waals surface area contributed by atoms with E-state index >= 15 is 0 Å². The first-order valence-electron chi connectivity index (χ1n) is 8.52. The van der Waals surface area contributed by atoms with Gasteiger partial charge in [-0.25, -0.2) is 8.78 Å². The zero-order valence-corrected chi connectivity index (χ0v) is 14.1. The molecule has 136 valence electrons. The maximum absolute atomic E-state index is 13.3. The predicted molar refractivity (Wildman–Crippen MR) is 86.9 cm³/mol. The second-order valence-corrected chi connectivity index (χ2v) is 6.87. The number of hydrogen-bond donors (Lipinski definition) is 2. The van der Waals surface area contributed by atoms with Crippen molar-refractivity contribution in [3.8, 4) is 0 Å². The molecule has 1 saturated carbocycles. The summed E-state index contributed by atoms with van der Waals surface area (Å²) in [5.41, 5.74) is 0.0889. The average molecular weight is 352 g/mol. The van der Waals surface area contributed by atoms with Crippen molar-refractivity contribution >= 4 is 11.8 Å². The molecule has 1 aliphatic heterocycles. The van der Waals surface area contributed by atoms with Gasteiger partial charge in [-0.3, -0.25) is 9.59 Å². The zero-order chi connectivity index (χ0) is 18.0. The third kappa shape index (κ3) is 3.98. The summed E-state index contributed by atoms with van der Waals surface area (Å²) in [4.78, 5) is 24.2. The SMILES string of the molecule is COCC1CC(=O)NC2CC(NC(=O)c3ccc(F)c(F)c3)CCC12. The second kappa shape index (κ2) is 7.47. The van der Waals surface area contributed by atoms with Crippen molar-refractivity contribution in [1.29, 1.82) is 0 Å². The van der Waals surface area contributed by atoms with Gasteiger partial charge in [0.2, 0.25) is 5.91 Å². The van der Waals surface area contributed by atoms with E-state index in [1.165, 1.54) is 6.07 Å². The topological polar surface area (TPSA) is 67.4 Å². The first-order valence-corrected chi connectivity index (χ1v) is 8.52. The van der Waals surface area contributed by atoms with Crippen LogP contribution in [0.1, 0.15) is 36.0 Å². The van der Waals surface area contributed by atoms with Gasteiger partial charge in [-0.2, -0.15) is 0 Å². The Hall–Kier alpha value is -2.02. The van der Waals surface area contributed by atoms with E-state index in [2.05, 4.69) is 10.6 Å². The number of rotatable bonds is 4. The molecule has 1 aromatic carbocycles. The van der Waals surface area contributed by atoms with Gasteiger partial charge in [0.15, 0.2) is 11.6 Å². The molecule has 2 N–H and O–H groups in total. The lowest BCUT2D eigenvalue weighted by Gasteiger charge is -2.43. The van der Waals surface area contributed by atoms with Crippen molar-refractivity contribution in [1.82, 2.24) is 10.6 Å². The molecular weight excluding hydrogens is 330 g/mol. The summed E-state index contributed by atoms with van der Waals surface area (Å²) >= 11 is 0. The molecule has 1 heterocycles. The first-order chi connectivity index (χ1) is 12.0. The molecule has 25 heavy (non-hydrogen) atoms. The Morgan fingerprint density at radius 3 is 2.84 bits per heavy atom. The highest BCUT2D eigenvalue weighted by Gasteiger charge is 2.40. The molecule has 4 atom stereocenters. The number of benzene rings is 1. The maximum Gasteiger partial charge on any atom is 0.251 e. The van der Waals surface area contributed by atoms with E-state index in [1.807, 2.05) is 0 Å². The summed E-state index contributed by atoms with van der Waals surface area (Å²) < 4.78 is 31.5. The van der Waals surface area contributed by atoms with Gasteiger partial charge in [-0.15, -0.1) is 0 Å². The monoisotopic (exact) mass is 352 g/mol. The van der Waals surface area contributed by atoms with Crippen LogP contribution in [0, 0.1) is 23.5 Å². The van der Waals surface area contributed by atoms with Crippen LogP contribution < -0.4 is 10.6 Å². The summed E-state index contributed by atoms with van der Waals surface area (Å²) in [6.07, 6.45) is 2.77. The quantitative estimate of drug-likeness (QED) is 0.871. The summed E-state index contributed by atoms with van der Waals surface area (Å²) in [5.74, 6) is -1.90. The van der Waals surface area contributed by atoms with Crippen molar-refractivity contribution in [3.05, 3.63) is 35.4 Å². The van der Waals surface area contributed by atoms with Gasteiger partial charge in [0, 0.05) is 37.8 Å². The zero-order valence-electron chi connectivity index (χ0n) is 14.1. The van der Waals surface area contributed by atoms with Crippen LogP contribution in [-0.4, -0.2) is 37.6 Å². The Morgan fingerprint density at radius 1 is 1.32 bits per heavy atom. The van der Waals surface area contributed by atoms with Crippen LogP contribution in [0.15, 0.2) is 18.2 Å². The minimum atomic E-state index is -1.04. The number of carbonyl (C=O) groups excluding carboxylic acids is 2. The van der Waals surface area contributed by atoms with Gasteiger partial charge >= 0.3 is 0 Å². The fraction of sp³-hybridized carbons (Fsp3) is 0.556. The molecule has 2 amide bonds. The number of ether oxygens (including phenoxy) is 1. The molecule has 4 unspecified atom stereocenters. The number of nitrogens with one attached hydrogen (secondary N) is 2. The van der Waals surface area contributed by atoms with Crippen LogP contribution in [0.3, 0.4) is 0 Å². The normalized spacial score (nSPS) is 28.8. The van der Waals surface area contributed by atoms with E-state index in [4.69, 9.17) is 4.74 Å². The van der Waals surface area contributed by atoms with E-state index in [0.717, 1.165) is 25.0 Å². The Labute approximate surface area is 145 Å². The van der Waals surface area contributed by atoms with Gasteiger partial charge < -0.3 is 15.4 Å². The van der Waals surface area contributed by atoms with Gasteiger partial charge in [0.1, 0.15) is 0 Å². The van der Waals surface area contributed by atoms with Crippen molar-refractivity contribution in [2.24, 2.45) is 11.8 Å². The van der Waals surface area contributed by atoms with Crippen LogP contribution in [0.2, 0.25) is 0 Å². The van der Waals surface area contributed by atoms with E-state index in [9.17, 15) is 18.4 Å². The number of piperidine rings is 1. The minimum absolute atomic E-state index is 0.00500. The minimum Gasteiger partial charge on any atom is -0.384 e. The lowest BCUT2D eigenvalue weighted by atomic mass is 9.71. The lowest BCUT2D eigenvalue weighted by molar-refractivity contribution is -0.128. The summed E-state index contributed by atoms with van der Waals surface area (Å²) in [7, 11) is 1.63. The summed E-state index contributed by atoms with van der Waals surface area (Å²) in [6.45, 7) is 0.556. The highest BCUT2D eigenvalue weighted by Crippen LogP contribution is 2.35. The standard InChI is InChI=1S/C18H22F2N2O3/c1-25-9-11-7-17(23)22-16-8-12(3-4-13(11)16)21-18(24)10-2-5-14(19)15(20)6-10/h2,5-6,11-13,16H,3-4,7-9H2,1H3,(H,21,24)(H,22,23). The Morgan fingerprint density at radius 2 is 2.12 bits per heavy atom. The largest absolute Gasteiger partial charge is 0.384 e. The van der Waals surface area contributed by atoms with Crippen molar-refractivity contribution < 1.29 is 23.1 Å². The van der Waals surface area contributed by atoms with Crippen LogP contribution >= 0.6 is 0 Å². The van der Waals surface area contributed by atoms with Gasteiger partial charge in [0.05, 0.1) is 0 Å². The molecule has 2 aliphatic rings. The fourth-order valence-corrected chi connectivity index (χ4v) is 4.01. The second-order valence-electron chi connectivity index (χ2n) is 6.87. The molecular formula is C18H22F2N2O3. The molecule has 0 bridgehead atoms. The number of carbonyl (C=O) groups is 2. The van der Waals surface area contributed by atoms with Gasteiger partial charge in [-0.05, 0) is 49.3 Å². The third-order valence-corrected chi connectivity index (χ3v) is 5.20.